The minimum absolute atomic E-state index is 0.0847. The van der Waals surface area contributed by atoms with Crippen molar-refractivity contribution in [1.82, 2.24) is 4.57 Å². The summed E-state index contributed by atoms with van der Waals surface area (Å²) in [5, 5.41) is 0. The number of allylic oxidation sites excluding steroid dienone is 1. The SMILES string of the molecule is CCOC(=O)C1=C(C)N=c2s/c(=C\c3ccc(OCc4ccccc4F)c(Br)c3)c(=O)n2C1c1ccc(Br)cc1. The highest BCUT2D eigenvalue weighted by molar-refractivity contribution is 9.10. The van der Waals surface area contributed by atoms with Gasteiger partial charge in [-0.05, 0) is 77.3 Å². The van der Waals surface area contributed by atoms with Crippen molar-refractivity contribution in [3.63, 3.8) is 0 Å². The number of carbonyl (C=O) groups is 1. The average Bonchev–Trinajstić information content (AvgIpc) is 3.23. The number of rotatable bonds is 7. The van der Waals surface area contributed by atoms with Crippen molar-refractivity contribution in [2.45, 2.75) is 26.5 Å². The first-order chi connectivity index (χ1) is 19.3. The van der Waals surface area contributed by atoms with Crippen molar-refractivity contribution in [2.75, 3.05) is 6.61 Å². The third-order valence-electron chi connectivity index (χ3n) is 6.30. The van der Waals surface area contributed by atoms with E-state index in [2.05, 4.69) is 36.9 Å². The Balaban J connectivity index is 1.53. The lowest BCUT2D eigenvalue weighted by molar-refractivity contribution is -0.139. The van der Waals surface area contributed by atoms with Gasteiger partial charge >= 0.3 is 5.97 Å². The maximum atomic E-state index is 14.0. The molecule has 0 fully saturated rings. The molecule has 6 nitrogen and oxygen atoms in total. The largest absolute Gasteiger partial charge is 0.488 e. The summed E-state index contributed by atoms with van der Waals surface area (Å²) >= 11 is 8.22. The van der Waals surface area contributed by atoms with Crippen LogP contribution in [0.3, 0.4) is 0 Å². The van der Waals surface area contributed by atoms with E-state index in [9.17, 15) is 14.0 Å². The Kier molecular flexibility index (Phi) is 8.48. The summed E-state index contributed by atoms with van der Waals surface area (Å²) in [5.74, 6) is -0.277. The molecule has 5 rings (SSSR count). The number of ether oxygens (including phenoxy) is 2. The first-order valence-electron chi connectivity index (χ1n) is 12.4. The van der Waals surface area contributed by atoms with Gasteiger partial charge < -0.3 is 9.47 Å². The van der Waals surface area contributed by atoms with Gasteiger partial charge in [0.2, 0.25) is 0 Å². The van der Waals surface area contributed by atoms with Crippen LogP contribution in [0.2, 0.25) is 0 Å². The van der Waals surface area contributed by atoms with Crippen molar-refractivity contribution < 1.29 is 18.7 Å². The normalized spacial score (nSPS) is 15.0. The second-order valence-electron chi connectivity index (χ2n) is 8.92. The van der Waals surface area contributed by atoms with Crippen molar-refractivity contribution in [2.24, 2.45) is 4.99 Å². The summed E-state index contributed by atoms with van der Waals surface area (Å²) in [4.78, 5) is 31.9. The maximum Gasteiger partial charge on any atom is 0.338 e. The highest BCUT2D eigenvalue weighted by Gasteiger charge is 2.33. The van der Waals surface area contributed by atoms with Crippen molar-refractivity contribution in [3.8, 4) is 5.75 Å². The first-order valence-corrected chi connectivity index (χ1v) is 14.8. The third kappa shape index (κ3) is 5.75. The molecule has 1 unspecified atom stereocenters. The van der Waals surface area contributed by atoms with Gasteiger partial charge in [-0.1, -0.05) is 63.7 Å². The molecule has 0 N–H and O–H groups in total. The minimum atomic E-state index is -0.675. The Morgan fingerprint density at radius 3 is 2.58 bits per heavy atom. The lowest BCUT2D eigenvalue weighted by Gasteiger charge is -2.24. The van der Waals surface area contributed by atoms with E-state index < -0.39 is 12.0 Å². The molecule has 0 radical (unpaired) electrons. The number of fused-ring (bicyclic) bond motifs is 1. The summed E-state index contributed by atoms with van der Waals surface area (Å²) in [7, 11) is 0. The molecule has 0 spiro atoms. The van der Waals surface area contributed by atoms with Crippen LogP contribution in [0, 0.1) is 5.82 Å². The molecule has 0 amide bonds. The van der Waals surface area contributed by atoms with Gasteiger partial charge in [0.25, 0.3) is 5.56 Å². The highest BCUT2D eigenvalue weighted by Crippen LogP contribution is 2.31. The summed E-state index contributed by atoms with van der Waals surface area (Å²) in [6.45, 7) is 3.79. The van der Waals surface area contributed by atoms with Gasteiger partial charge in [0.1, 0.15) is 18.2 Å². The van der Waals surface area contributed by atoms with E-state index in [0.717, 1.165) is 15.6 Å². The summed E-state index contributed by atoms with van der Waals surface area (Å²) < 4.78 is 28.7. The van der Waals surface area contributed by atoms with E-state index in [0.29, 0.717) is 36.4 Å². The predicted octanol–water partition coefficient (Wildman–Crippen LogP) is 6.04. The Morgan fingerprint density at radius 1 is 1.12 bits per heavy atom. The fourth-order valence-electron chi connectivity index (χ4n) is 4.40. The number of thiazole rings is 1. The van der Waals surface area contributed by atoms with Gasteiger partial charge in [-0.2, -0.15) is 0 Å². The van der Waals surface area contributed by atoms with Gasteiger partial charge in [0, 0.05) is 10.0 Å². The molecule has 0 bridgehead atoms. The quantitative estimate of drug-likeness (QED) is 0.223. The maximum absolute atomic E-state index is 14.0. The molecule has 10 heteroatoms. The van der Waals surface area contributed by atoms with E-state index in [1.807, 2.05) is 36.4 Å². The van der Waals surface area contributed by atoms with Crippen LogP contribution in [-0.2, 0) is 16.1 Å². The molecule has 40 heavy (non-hydrogen) atoms. The minimum Gasteiger partial charge on any atom is -0.488 e. The zero-order valence-electron chi connectivity index (χ0n) is 21.5. The smallest absolute Gasteiger partial charge is 0.338 e. The number of aromatic nitrogens is 1. The summed E-state index contributed by atoms with van der Waals surface area (Å²) in [5.41, 5.74) is 2.57. The fraction of sp³-hybridized carbons (Fsp3) is 0.167. The zero-order valence-corrected chi connectivity index (χ0v) is 25.5. The van der Waals surface area contributed by atoms with Crippen molar-refractivity contribution >= 4 is 55.2 Å². The molecule has 0 aliphatic carbocycles. The van der Waals surface area contributed by atoms with E-state index in [-0.39, 0.29) is 24.6 Å². The van der Waals surface area contributed by atoms with Gasteiger partial charge in [0.05, 0.1) is 32.9 Å². The van der Waals surface area contributed by atoms with E-state index in [1.165, 1.54) is 17.4 Å². The van der Waals surface area contributed by atoms with E-state index in [4.69, 9.17) is 9.47 Å². The van der Waals surface area contributed by atoms with Gasteiger partial charge in [-0.15, -0.1) is 0 Å². The van der Waals surface area contributed by atoms with E-state index >= 15 is 0 Å². The Labute approximate surface area is 250 Å². The molecule has 1 aliphatic rings. The molecule has 1 aliphatic heterocycles. The van der Waals surface area contributed by atoms with Crippen LogP contribution >= 0.6 is 43.2 Å². The van der Waals surface area contributed by atoms with Crippen LogP contribution in [0.25, 0.3) is 6.08 Å². The first kappa shape index (κ1) is 28.2. The fourth-order valence-corrected chi connectivity index (χ4v) is 6.22. The molecule has 1 aromatic heterocycles. The standard InChI is InChI=1S/C30H23Br2FN2O4S/c1-3-38-29(37)26-17(2)34-30-35(27(26)19-9-11-21(31)12-10-19)28(36)25(40-30)15-18-8-13-24(22(32)14-18)39-16-20-6-4-5-7-23(20)33/h4-15,27H,3,16H2,1-2H3/b25-15-. The monoisotopic (exact) mass is 684 g/mol. The van der Waals surface area contributed by atoms with Crippen molar-refractivity contribution in [3.05, 3.63) is 129 Å². The number of halogens is 3. The summed E-state index contributed by atoms with van der Waals surface area (Å²) in [6, 6.07) is 18.7. The van der Waals surface area contributed by atoms with Gasteiger partial charge in [0.15, 0.2) is 4.80 Å². The molecule has 1 atom stereocenters. The Bertz CT molecular complexity index is 1810. The van der Waals surface area contributed by atoms with Crippen LogP contribution in [0.4, 0.5) is 4.39 Å². The van der Waals surface area contributed by atoms with Crippen molar-refractivity contribution in [1.29, 1.82) is 0 Å². The van der Waals surface area contributed by atoms with Gasteiger partial charge in [-0.25, -0.2) is 14.2 Å². The van der Waals surface area contributed by atoms with Crippen LogP contribution in [0.15, 0.2) is 96.7 Å². The molecular weight excluding hydrogens is 663 g/mol. The average molecular weight is 686 g/mol. The Morgan fingerprint density at radius 2 is 1.88 bits per heavy atom. The number of esters is 1. The molecule has 4 aromatic rings. The summed E-state index contributed by atoms with van der Waals surface area (Å²) in [6.07, 6.45) is 1.78. The molecule has 0 saturated heterocycles. The predicted molar refractivity (Wildman–Crippen MR) is 159 cm³/mol. The lowest BCUT2D eigenvalue weighted by atomic mass is 9.96. The topological polar surface area (TPSA) is 69.9 Å². The zero-order chi connectivity index (χ0) is 28.4. The number of hydrogen-bond acceptors (Lipinski definition) is 6. The molecule has 2 heterocycles. The lowest BCUT2D eigenvalue weighted by Crippen LogP contribution is -2.39. The number of nitrogens with zero attached hydrogens (tertiary/aromatic N) is 2. The third-order valence-corrected chi connectivity index (χ3v) is 8.43. The van der Waals surface area contributed by atoms with E-state index in [1.54, 1.807) is 48.8 Å². The van der Waals surface area contributed by atoms with Crippen LogP contribution in [0.5, 0.6) is 5.75 Å². The van der Waals surface area contributed by atoms with Crippen LogP contribution in [-0.4, -0.2) is 17.1 Å². The molecule has 3 aromatic carbocycles. The highest BCUT2D eigenvalue weighted by atomic mass is 79.9. The number of hydrogen-bond donors (Lipinski definition) is 0. The second kappa shape index (κ2) is 12.0. The van der Waals surface area contributed by atoms with Crippen LogP contribution < -0.4 is 19.6 Å². The number of benzene rings is 3. The van der Waals surface area contributed by atoms with Gasteiger partial charge in [-0.3, -0.25) is 9.36 Å². The number of carbonyl (C=O) groups excluding carboxylic acids is 1. The molecule has 0 saturated carbocycles. The molecule has 204 valence electrons. The van der Waals surface area contributed by atoms with Crippen LogP contribution in [0.1, 0.15) is 36.6 Å². The molecular formula is C30H23Br2FN2O4S. The second-order valence-corrected chi connectivity index (χ2v) is 11.7. The Hall–Kier alpha value is -3.34.